The van der Waals surface area contributed by atoms with Gasteiger partial charge in [-0.15, -0.1) is 23.3 Å². The molecule has 4 heteroatoms. The van der Waals surface area contributed by atoms with Crippen molar-refractivity contribution in [3.8, 4) is 0 Å². The Balaban J connectivity index is -0.00000000167. The number of hydrogen-bond donors (Lipinski definition) is 2. The summed E-state index contributed by atoms with van der Waals surface area (Å²) in [5.74, 6) is 0. The van der Waals surface area contributed by atoms with E-state index in [0.29, 0.717) is 0 Å². The second-order valence-corrected chi connectivity index (χ2v) is 0. The molecule has 0 radical (unpaired) electrons. The minimum Gasteiger partial charge on any atom is -1.00 e. The van der Waals surface area contributed by atoms with Crippen molar-refractivity contribution < 1.29 is 42.0 Å². The fourth-order valence-corrected chi connectivity index (χ4v) is 0. The van der Waals surface area contributed by atoms with E-state index in [9.17, 15) is 0 Å². The molecule has 20 valence electrons. The maximum Gasteiger partial charge on any atom is 1.00 e. The summed E-state index contributed by atoms with van der Waals surface area (Å²) >= 11 is 6.44. The predicted molar refractivity (Wildman–Crippen MR) is 19.1 cm³/mol. The summed E-state index contributed by atoms with van der Waals surface area (Å²) in [6, 6.07) is 0. The molecule has 4 heavy (non-hydrogen) atoms. The van der Waals surface area contributed by atoms with Crippen LogP contribution in [-0.4, -0.2) is 0 Å². The fourth-order valence-electron chi connectivity index (χ4n) is 0. The van der Waals surface area contributed by atoms with Crippen molar-refractivity contribution in [1.82, 2.24) is 0 Å². The third-order valence-electron chi connectivity index (χ3n) is 0. The van der Waals surface area contributed by atoms with Crippen LogP contribution in [0.1, 0.15) is 1.43 Å². The molecule has 0 saturated carbocycles. The monoisotopic (exact) mass is 122 g/mol. The Bertz CT molecular complexity index is 9.61. The minimum atomic E-state index is 0. The number of rotatable bonds is 0. The molecular formula is H3LiS2Ti. The summed E-state index contributed by atoms with van der Waals surface area (Å²) in [5.41, 5.74) is 0. The second kappa shape index (κ2) is 19.9. The van der Waals surface area contributed by atoms with Crippen LogP contribution in [0.3, 0.4) is 0 Å². The van der Waals surface area contributed by atoms with Gasteiger partial charge in [0.15, 0.2) is 0 Å². The molecule has 0 unspecified atom stereocenters. The van der Waals surface area contributed by atoms with Gasteiger partial charge >= 0.3 is 18.9 Å². The van der Waals surface area contributed by atoms with Gasteiger partial charge in [0.05, 0.1) is 0 Å². The molecule has 0 heterocycles. The van der Waals surface area contributed by atoms with Crippen LogP contribution in [0.25, 0.3) is 0 Å². The smallest absolute Gasteiger partial charge is 1.00 e. The SMILES string of the molecule is SS.[H-].[Li+].[Ti]. The zero-order chi connectivity index (χ0) is 2.00. The Morgan fingerprint density at radius 1 is 1.25 bits per heavy atom. The molecule has 0 nitrogen and oxygen atoms in total. The van der Waals surface area contributed by atoms with Crippen LogP contribution in [-0.2, 0) is 21.7 Å². The second-order valence-electron chi connectivity index (χ2n) is 0. The normalized spacial score (nSPS) is 1.50. The van der Waals surface area contributed by atoms with Gasteiger partial charge in [-0.1, -0.05) is 0 Å². The van der Waals surface area contributed by atoms with E-state index in [1.54, 1.807) is 0 Å². The van der Waals surface area contributed by atoms with Crippen molar-refractivity contribution in [3.63, 3.8) is 0 Å². The molecular weight excluding hydrogens is 119 g/mol. The fraction of sp³-hybridized carbons (Fsp3) is 0. The van der Waals surface area contributed by atoms with Crippen molar-refractivity contribution >= 4 is 23.3 Å². The van der Waals surface area contributed by atoms with E-state index in [1.807, 2.05) is 0 Å². The maximum atomic E-state index is 3.22. The van der Waals surface area contributed by atoms with Crippen LogP contribution in [0.15, 0.2) is 0 Å². The van der Waals surface area contributed by atoms with E-state index in [0.717, 1.165) is 0 Å². The van der Waals surface area contributed by atoms with Gasteiger partial charge in [0, 0.05) is 21.7 Å². The molecule has 0 aromatic heterocycles. The topological polar surface area (TPSA) is 0 Å². The van der Waals surface area contributed by atoms with Crippen LogP contribution < -0.4 is 18.9 Å². The Kier molecular flexibility index (Phi) is 82.9. The van der Waals surface area contributed by atoms with E-state index in [-0.39, 0.29) is 42.0 Å². The first-order valence-corrected chi connectivity index (χ1v) is 1.80. The summed E-state index contributed by atoms with van der Waals surface area (Å²) in [6.07, 6.45) is 0. The summed E-state index contributed by atoms with van der Waals surface area (Å²) in [7, 11) is 0. The van der Waals surface area contributed by atoms with Crippen LogP contribution >= 0.6 is 23.3 Å². The van der Waals surface area contributed by atoms with Crippen molar-refractivity contribution in [1.29, 1.82) is 0 Å². The predicted octanol–water partition coefficient (Wildman–Crippen LogP) is -2.12. The van der Waals surface area contributed by atoms with Gasteiger partial charge in [-0.2, -0.15) is 0 Å². The largest absolute Gasteiger partial charge is 1.00 e. The molecule has 0 aromatic carbocycles. The molecule has 0 atom stereocenters. The van der Waals surface area contributed by atoms with Gasteiger partial charge in [0.25, 0.3) is 0 Å². The molecule has 0 N–H and O–H groups in total. The van der Waals surface area contributed by atoms with Gasteiger partial charge < -0.3 is 1.43 Å². The first-order valence-electron chi connectivity index (χ1n) is 0.200. The molecule has 0 spiro atoms. The van der Waals surface area contributed by atoms with Crippen LogP contribution in [0.2, 0.25) is 0 Å². The molecule has 0 fully saturated rings. The van der Waals surface area contributed by atoms with Gasteiger partial charge in [-0.05, 0) is 0 Å². The Morgan fingerprint density at radius 3 is 1.25 bits per heavy atom. The zero-order valence-electron chi connectivity index (χ0n) is 3.39. The van der Waals surface area contributed by atoms with E-state index in [4.69, 9.17) is 0 Å². The molecule has 0 aromatic rings. The standard InChI is InChI=1S/Li.H2S2.Ti.H/c;1-2;;/h;1-2H;;/q+1;;;-1. The summed E-state index contributed by atoms with van der Waals surface area (Å²) in [6.45, 7) is 0. The van der Waals surface area contributed by atoms with Crippen molar-refractivity contribution in [2.24, 2.45) is 0 Å². The quantitative estimate of drug-likeness (QED) is 0.205. The summed E-state index contributed by atoms with van der Waals surface area (Å²) in [4.78, 5) is 0. The van der Waals surface area contributed by atoms with Crippen molar-refractivity contribution in [2.45, 2.75) is 0 Å². The first-order chi connectivity index (χ1) is 1.00. The molecule has 0 aliphatic carbocycles. The van der Waals surface area contributed by atoms with Gasteiger partial charge in [0.1, 0.15) is 0 Å². The molecule has 0 aliphatic rings. The van der Waals surface area contributed by atoms with Crippen LogP contribution in [0.5, 0.6) is 0 Å². The molecule has 0 bridgehead atoms. The molecule has 0 amide bonds. The van der Waals surface area contributed by atoms with E-state index in [1.165, 1.54) is 0 Å². The van der Waals surface area contributed by atoms with Crippen molar-refractivity contribution in [3.05, 3.63) is 0 Å². The average Bonchev–Trinajstić information content (AvgIpc) is 1.00. The maximum absolute atomic E-state index is 3.22. The van der Waals surface area contributed by atoms with E-state index < -0.39 is 0 Å². The number of thiol groups is 2. The third kappa shape index (κ3) is 8.99. The minimum absolute atomic E-state index is 0. The molecule has 0 saturated heterocycles. The molecule has 0 aliphatic heterocycles. The third-order valence-corrected chi connectivity index (χ3v) is 0. The van der Waals surface area contributed by atoms with E-state index >= 15 is 0 Å². The Hall–Kier alpha value is 2.01. The van der Waals surface area contributed by atoms with Crippen LogP contribution in [0, 0.1) is 0 Å². The number of hydrogen-bond acceptors (Lipinski definition) is 2. The van der Waals surface area contributed by atoms with Gasteiger partial charge in [-0.25, -0.2) is 0 Å². The average molecular weight is 122 g/mol. The van der Waals surface area contributed by atoms with Crippen LogP contribution in [0.4, 0.5) is 0 Å². The Labute approximate surface area is 64.9 Å². The van der Waals surface area contributed by atoms with Gasteiger partial charge in [-0.3, -0.25) is 0 Å². The first kappa shape index (κ1) is 16.6. The Morgan fingerprint density at radius 2 is 1.25 bits per heavy atom. The molecule has 0 rings (SSSR count). The van der Waals surface area contributed by atoms with Crippen molar-refractivity contribution in [2.75, 3.05) is 0 Å². The van der Waals surface area contributed by atoms with Gasteiger partial charge in [0.2, 0.25) is 0 Å². The summed E-state index contributed by atoms with van der Waals surface area (Å²) in [5, 5.41) is 0. The zero-order valence-corrected chi connectivity index (χ0v) is 5.74. The summed E-state index contributed by atoms with van der Waals surface area (Å²) < 4.78 is 0. The van der Waals surface area contributed by atoms with E-state index in [2.05, 4.69) is 23.3 Å².